The van der Waals surface area contributed by atoms with Crippen molar-refractivity contribution in [3.8, 4) is 0 Å². The second kappa shape index (κ2) is 8.30. The minimum Gasteiger partial charge on any atom is -0.357 e. The van der Waals surface area contributed by atoms with Gasteiger partial charge in [0.1, 0.15) is 0 Å². The summed E-state index contributed by atoms with van der Waals surface area (Å²) in [6.07, 6.45) is 3.41. The number of aliphatic imine (C=N–C) groups is 1. The second-order valence-corrected chi connectivity index (χ2v) is 8.40. The van der Waals surface area contributed by atoms with Gasteiger partial charge in [-0.15, -0.1) is 0 Å². The highest BCUT2D eigenvalue weighted by atomic mass is 32.2. The number of nitrogens with zero attached hydrogens (tertiary/aromatic N) is 2. The molecule has 1 N–H and O–H groups in total. The Morgan fingerprint density at radius 3 is 2.79 bits per heavy atom. The molecule has 112 valence electrons. The van der Waals surface area contributed by atoms with Crippen molar-refractivity contribution in [2.45, 2.75) is 44.1 Å². The summed E-state index contributed by atoms with van der Waals surface area (Å²) in [6, 6.07) is 0. The molecule has 3 nitrogen and oxygen atoms in total. The van der Waals surface area contributed by atoms with Crippen LogP contribution in [0, 0.1) is 0 Å². The summed E-state index contributed by atoms with van der Waals surface area (Å²) in [5.41, 5.74) is 0. The van der Waals surface area contributed by atoms with Crippen LogP contribution in [0.25, 0.3) is 0 Å². The Morgan fingerprint density at radius 1 is 1.47 bits per heavy atom. The summed E-state index contributed by atoms with van der Waals surface area (Å²) in [7, 11) is 0. The zero-order valence-corrected chi connectivity index (χ0v) is 14.7. The van der Waals surface area contributed by atoms with Gasteiger partial charge in [-0.05, 0) is 33.4 Å². The number of nitrogens with one attached hydrogen (secondary N) is 1. The van der Waals surface area contributed by atoms with Crippen LogP contribution in [0.2, 0.25) is 0 Å². The van der Waals surface area contributed by atoms with Crippen molar-refractivity contribution in [2.24, 2.45) is 4.99 Å². The van der Waals surface area contributed by atoms with E-state index in [2.05, 4.69) is 55.9 Å². The lowest BCUT2D eigenvalue weighted by Crippen LogP contribution is -2.48. The molecule has 0 amide bonds. The van der Waals surface area contributed by atoms with Crippen LogP contribution >= 0.6 is 23.5 Å². The highest BCUT2D eigenvalue weighted by molar-refractivity contribution is 8.00. The monoisotopic (exact) mass is 303 g/mol. The largest absolute Gasteiger partial charge is 0.357 e. The van der Waals surface area contributed by atoms with Gasteiger partial charge in [-0.1, -0.05) is 6.92 Å². The fraction of sp³-hybridized carbons (Fsp3) is 0.929. The Balaban J connectivity index is 2.67. The molecule has 0 aromatic carbocycles. The van der Waals surface area contributed by atoms with E-state index < -0.39 is 0 Å². The van der Waals surface area contributed by atoms with Crippen LogP contribution in [0.5, 0.6) is 0 Å². The first-order valence-electron chi connectivity index (χ1n) is 7.22. The average Bonchev–Trinajstić information content (AvgIpc) is 2.43. The van der Waals surface area contributed by atoms with Crippen LogP contribution in [0.3, 0.4) is 0 Å². The van der Waals surface area contributed by atoms with Crippen LogP contribution in [-0.2, 0) is 0 Å². The Bertz CT molecular complexity index is 292. The highest BCUT2D eigenvalue weighted by Gasteiger charge is 2.22. The van der Waals surface area contributed by atoms with Gasteiger partial charge in [-0.2, -0.15) is 23.5 Å². The fourth-order valence-corrected chi connectivity index (χ4v) is 3.29. The molecule has 0 aromatic rings. The molecule has 5 heteroatoms. The van der Waals surface area contributed by atoms with Gasteiger partial charge in [-0.3, -0.25) is 4.99 Å². The molecule has 0 aliphatic carbocycles. The van der Waals surface area contributed by atoms with Crippen LogP contribution in [0.4, 0.5) is 0 Å². The third-order valence-corrected chi connectivity index (χ3v) is 6.00. The zero-order valence-electron chi connectivity index (χ0n) is 13.0. The van der Waals surface area contributed by atoms with Crippen molar-refractivity contribution < 1.29 is 0 Å². The van der Waals surface area contributed by atoms with Gasteiger partial charge in [-0.25, -0.2) is 0 Å². The van der Waals surface area contributed by atoms with Crippen LogP contribution in [0.1, 0.15) is 34.1 Å². The summed E-state index contributed by atoms with van der Waals surface area (Å²) in [5.74, 6) is 2.32. The van der Waals surface area contributed by atoms with Gasteiger partial charge in [0, 0.05) is 35.4 Å². The van der Waals surface area contributed by atoms with E-state index in [1.807, 2.05) is 11.8 Å². The molecule has 1 aliphatic rings. The molecular formula is C14H29N3S2. The first-order valence-corrected chi connectivity index (χ1v) is 9.49. The van der Waals surface area contributed by atoms with E-state index in [1.54, 1.807) is 0 Å². The van der Waals surface area contributed by atoms with Gasteiger partial charge < -0.3 is 10.2 Å². The molecule has 1 heterocycles. The van der Waals surface area contributed by atoms with E-state index in [0.717, 1.165) is 37.4 Å². The van der Waals surface area contributed by atoms with Crippen molar-refractivity contribution in [1.29, 1.82) is 0 Å². The van der Waals surface area contributed by atoms with Crippen molar-refractivity contribution in [3.05, 3.63) is 0 Å². The predicted octanol–water partition coefficient (Wildman–Crippen LogP) is 2.92. The maximum absolute atomic E-state index is 4.85. The van der Waals surface area contributed by atoms with E-state index in [1.165, 1.54) is 12.2 Å². The molecule has 19 heavy (non-hydrogen) atoms. The Morgan fingerprint density at radius 2 is 2.21 bits per heavy atom. The number of hydrogen-bond acceptors (Lipinski definition) is 3. The molecule has 0 saturated carbocycles. The zero-order chi connectivity index (χ0) is 14.3. The van der Waals surface area contributed by atoms with E-state index in [0.29, 0.717) is 0 Å². The molecule has 1 fully saturated rings. The van der Waals surface area contributed by atoms with Crippen molar-refractivity contribution in [1.82, 2.24) is 10.2 Å². The quantitative estimate of drug-likeness (QED) is 0.624. The van der Waals surface area contributed by atoms with Gasteiger partial charge in [0.2, 0.25) is 0 Å². The highest BCUT2D eigenvalue weighted by Crippen LogP contribution is 2.23. The molecular weight excluding hydrogens is 274 g/mol. The summed E-state index contributed by atoms with van der Waals surface area (Å²) < 4.78 is 0.218. The Kier molecular flexibility index (Phi) is 7.44. The van der Waals surface area contributed by atoms with Crippen LogP contribution < -0.4 is 5.32 Å². The van der Waals surface area contributed by atoms with Crippen molar-refractivity contribution >= 4 is 29.5 Å². The fourth-order valence-electron chi connectivity index (χ4n) is 1.91. The number of guanidine groups is 1. The van der Waals surface area contributed by atoms with Gasteiger partial charge in [0.25, 0.3) is 0 Å². The predicted molar refractivity (Wildman–Crippen MR) is 91.7 cm³/mol. The van der Waals surface area contributed by atoms with Crippen molar-refractivity contribution in [2.75, 3.05) is 38.2 Å². The maximum atomic E-state index is 4.85. The minimum absolute atomic E-state index is 0.218. The lowest BCUT2D eigenvalue weighted by atomic mass is 10.2. The third kappa shape index (κ3) is 5.86. The molecule has 0 radical (unpaired) electrons. The summed E-state index contributed by atoms with van der Waals surface area (Å²) in [6.45, 7) is 13.0. The molecule has 1 saturated heterocycles. The standard InChI is InChI=1S/C14H29N3S2/c1-6-12-10-17(8-9-19-12)13(15-7-2)16-11-14(3,4)18-5/h12H,6-11H2,1-5H3,(H,15,16). The normalized spacial score (nSPS) is 21.6. The third-order valence-electron chi connectivity index (χ3n) is 3.39. The minimum atomic E-state index is 0.218. The topological polar surface area (TPSA) is 27.6 Å². The van der Waals surface area contributed by atoms with Crippen LogP contribution in [0.15, 0.2) is 4.99 Å². The van der Waals surface area contributed by atoms with Gasteiger partial charge in [0.15, 0.2) is 5.96 Å². The molecule has 0 aromatic heterocycles. The summed E-state index contributed by atoms with van der Waals surface area (Å²) in [5, 5.41) is 4.21. The lowest BCUT2D eigenvalue weighted by Gasteiger charge is -2.34. The molecule has 1 atom stereocenters. The molecule has 1 rings (SSSR count). The lowest BCUT2D eigenvalue weighted by molar-refractivity contribution is 0.407. The van der Waals surface area contributed by atoms with Gasteiger partial charge >= 0.3 is 0 Å². The Hall–Kier alpha value is -0.0300. The first-order chi connectivity index (χ1) is 9.02. The molecule has 1 unspecified atom stereocenters. The second-order valence-electron chi connectivity index (χ2n) is 5.48. The number of rotatable bonds is 5. The first kappa shape index (κ1) is 17.0. The number of hydrogen-bond donors (Lipinski definition) is 1. The van der Waals surface area contributed by atoms with Crippen LogP contribution in [-0.4, -0.2) is 59.0 Å². The molecule has 0 spiro atoms. The maximum Gasteiger partial charge on any atom is 0.194 e. The van der Waals surface area contributed by atoms with E-state index in [-0.39, 0.29) is 4.75 Å². The van der Waals surface area contributed by atoms with Crippen molar-refractivity contribution in [3.63, 3.8) is 0 Å². The number of thioether (sulfide) groups is 2. The molecule has 1 aliphatic heterocycles. The summed E-state index contributed by atoms with van der Waals surface area (Å²) >= 11 is 3.98. The van der Waals surface area contributed by atoms with Gasteiger partial charge in [0.05, 0.1) is 6.54 Å². The van der Waals surface area contributed by atoms with E-state index in [9.17, 15) is 0 Å². The Labute approximate surface area is 127 Å². The average molecular weight is 304 g/mol. The SMILES string of the molecule is CCNC(=NCC(C)(C)SC)N1CCSC(CC)C1. The van der Waals surface area contributed by atoms with E-state index >= 15 is 0 Å². The summed E-state index contributed by atoms with van der Waals surface area (Å²) in [4.78, 5) is 7.28. The molecule has 0 bridgehead atoms. The smallest absolute Gasteiger partial charge is 0.194 e. The van der Waals surface area contributed by atoms with E-state index in [4.69, 9.17) is 4.99 Å².